The minimum absolute atomic E-state index is 0.0278. The summed E-state index contributed by atoms with van der Waals surface area (Å²) < 4.78 is 10.5. The molecule has 0 aliphatic carbocycles. The average Bonchev–Trinajstić information content (AvgIpc) is 2.89. The molecule has 3 amide bonds. The van der Waals surface area contributed by atoms with Crippen molar-refractivity contribution in [1.29, 1.82) is 0 Å². The number of hydrogen-bond donors (Lipinski definition) is 3. The molecule has 1 atom stereocenters. The van der Waals surface area contributed by atoms with Gasteiger partial charge in [0.15, 0.2) is 11.5 Å². The smallest absolute Gasteiger partial charge is 0.251 e. The third kappa shape index (κ3) is 10.1. The van der Waals surface area contributed by atoms with Gasteiger partial charge in [0, 0.05) is 18.7 Å². The second-order valence-electron chi connectivity index (χ2n) is 9.47. The molecule has 0 aromatic heterocycles. The summed E-state index contributed by atoms with van der Waals surface area (Å²) in [5, 5.41) is 8.43. The quantitative estimate of drug-likeness (QED) is 0.338. The van der Waals surface area contributed by atoms with Gasteiger partial charge in [0.25, 0.3) is 5.91 Å². The predicted octanol–water partition coefficient (Wildman–Crippen LogP) is 3.67. The maximum Gasteiger partial charge on any atom is 0.251 e. The average molecular weight is 512 g/mol. The van der Waals surface area contributed by atoms with Gasteiger partial charge in [-0.2, -0.15) is 0 Å². The number of carbonyl (C=O) groups is 3. The molecule has 0 spiro atoms. The third-order valence-corrected chi connectivity index (χ3v) is 5.99. The summed E-state index contributed by atoms with van der Waals surface area (Å²) in [6, 6.07) is 11.8. The van der Waals surface area contributed by atoms with Crippen molar-refractivity contribution < 1.29 is 23.9 Å². The zero-order valence-electron chi connectivity index (χ0n) is 22.7. The highest BCUT2D eigenvalue weighted by Crippen LogP contribution is 2.27. The molecule has 0 saturated carbocycles. The van der Waals surface area contributed by atoms with Crippen LogP contribution >= 0.6 is 0 Å². The van der Waals surface area contributed by atoms with Gasteiger partial charge in [-0.05, 0) is 60.6 Å². The number of aryl methyl sites for hydroxylation is 1. The number of carbonyl (C=O) groups excluding carboxylic acids is 3. The van der Waals surface area contributed by atoms with Crippen LogP contribution in [0, 0.1) is 5.92 Å². The van der Waals surface area contributed by atoms with E-state index in [2.05, 4.69) is 36.7 Å². The van der Waals surface area contributed by atoms with Crippen molar-refractivity contribution >= 4 is 17.7 Å². The van der Waals surface area contributed by atoms with E-state index in [9.17, 15) is 14.4 Å². The van der Waals surface area contributed by atoms with Crippen LogP contribution in [0.5, 0.6) is 11.5 Å². The summed E-state index contributed by atoms with van der Waals surface area (Å²) in [6.45, 7) is 6.75. The lowest BCUT2D eigenvalue weighted by Crippen LogP contribution is -2.53. The molecule has 0 radical (unpaired) electrons. The topological polar surface area (TPSA) is 106 Å². The number of unbranched alkanes of at least 4 members (excludes halogenated alkanes) is 1. The molecule has 8 heteroatoms. The third-order valence-electron chi connectivity index (χ3n) is 5.99. The monoisotopic (exact) mass is 511 g/mol. The van der Waals surface area contributed by atoms with E-state index >= 15 is 0 Å². The van der Waals surface area contributed by atoms with Crippen LogP contribution in [-0.2, 0) is 22.4 Å². The molecule has 0 bridgehead atoms. The molecule has 2 aromatic rings. The molecule has 37 heavy (non-hydrogen) atoms. The van der Waals surface area contributed by atoms with Crippen LogP contribution in [0.25, 0.3) is 0 Å². The summed E-state index contributed by atoms with van der Waals surface area (Å²) in [5.41, 5.74) is 2.38. The Hall–Kier alpha value is -3.55. The molecule has 202 valence electrons. The molecular weight excluding hydrogens is 470 g/mol. The van der Waals surface area contributed by atoms with Crippen LogP contribution in [0.15, 0.2) is 42.5 Å². The van der Waals surface area contributed by atoms with Gasteiger partial charge < -0.3 is 25.4 Å². The van der Waals surface area contributed by atoms with E-state index in [0.29, 0.717) is 29.5 Å². The Balaban J connectivity index is 2.03. The maximum atomic E-state index is 12.9. The van der Waals surface area contributed by atoms with Gasteiger partial charge in [-0.3, -0.25) is 14.4 Å². The van der Waals surface area contributed by atoms with E-state index < -0.39 is 6.04 Å². The van der Waals surface area contributed by atoms with Crippen LogP contribution in [-0.4, -0.2) is 51.1 Å². The highest BCUT2D eigenvalue weighted by molar-refractivity contribution is 5.97. The van der Waals surface area contributed by atoms with E-state index in [1.54, 1.807) is 37.4 Å². The van der Waals surface area contributed by atoms with E-state index in [-0.39, 0.29) is 30.7 Å². The first kappa shape index (κ1) is 29.7. The summed E-state index contributed by atoms with van der Waals surface area (Å²) in [4.78, 5) is 38.4. The summed E-state index contributed by atoms with van der Waals surface area (Å²) in [6.07, 6.45) is 4.07. The minimum Gasteiger partial charge on any atom is -0.493 e. The molecule has 0 saturated heterocycles. The van der Waals surface area contributed by atoms with Gasteiger partial charge >= 0.3 is 0 Å². The Morgan fingerprint density at radius 3 is 2.19 bits per heavy atom. The van der Waals surface area contributed by atoms with Crippen LogP contribution in [0.2, 0.25) is 0 Å². The number of amides is 3. The highest BCUT2D eigenvalue weighted by Gasteiger charge is 2.22. The summed E-state index contributed by atoms with van der Waals surface area (Å²) in [7, 11) is 3.08. The van der Waals surface area contributed by atoms with Crippen molar-refractivity contribution in [2.45, 2.75) is 58.9 Å². The zero-order chi connectivity index (χ0) is 27.2. The summed E-state index contributed by atoms with van der Waals surface area (Å²) >= 11 is 0. The lowest BCUT2D eigenvalue weighted by atomic mass is 10.1. The maximum absolute atomic E-state index is 12.9. The highest BCUT2D eigenvalue weighted by atomic mass is 16.5. The Morgan fingerprint density at radius 1 is 0.892 bits per heavy atom. The van der Waals surface area contributed by atoms with Crippen LogP contribution in [0.1, 0.15) is 61.5 Å². The van der Waals surface area contributed by atoms with Crippen LogP contribution in [0.3, 0.4) is 0 Å². The minimum atomic E-state index is -0.909. The van der Waals surface area contributed by atoms with Gasteiger partial charge in [-0.15, -0.1) is 0 Å². The van der Waals surface area contributed by atoms with Gasteiger partial charge in [0.1, 0.15) is 6.04 Å². The normalized spacial score (nSPS) is 11.5. The fourth-order valence-electron chi connectivity index (χ4n) is 3.72. The molecule has 0 unspecified atom stereocenters. The second kappa shape index (κ2) is 15.5. The molecule has 0 aliphatic rings. The lowest BCUT2D eigenvalue weighted by molar-refractivity contribution is -0.123. The molecule has 3 N–H and O–H groups in total. The number of benzene rings is 2. The molecule has 0 aliphatic heterocycles. The predicted molar refractivity (Wildman–Crippen MR) is 145 cm³/mol. The number of methoxy groups -OCH3 is 2. The fourth-order valence-corrected chi connectivity index (χ4v) is 3.72. The Morgan fingerprint density at radius 2 is 1.57 bits per heavy atom. The van der Waals surface area contributed by atoms with E-state index in [1.165, 1.54) is 12.7 Å². The number of hydrogen-bond acceptors (Lipinski definition) is 5. The van der Waals surface area contributed by atoms with Crippen molar-refractivity contribution in [2.24, 2.45) is 5.92 Å². The first-order valence-electron chi connectivity index (χ1n) is 12.9. The molecule has 2 rings (SSSR count). The Bertz CT molecular complexity index is 1020. The van der Waals surface area contributed by atoms with Crippen molar-refractivity contribution in [3.05, 3.63) is 59.2 Å². The summed E-state index contributed by atoms with van der Waals surface area (Å²) in [5.74, 6) is 0.566. The van der Waals surface area contributed by atoms with Crippen molar-refractivity contribution in [1.82, 2.24) is 16.0 Å². The first-order valence-corrected chi connectivity index (χ1v) is 12.9. The van der Waals surface area contributed by atoms with Crippen molar-refractivity contribution in [2.75, 3.05) is 27.3 Å². The van der Waals surface area contributed by atoms with Crippen molar-refractivity contribution in [3.63, 3.8) is 0 Å². The molecular formula is C29H41N3O5. The van der Waals surface area contributed by atoms with Gasteiger partial charge in [-0.1, -0.05) is 45.4 Å². The zero-order valence-corrected chi connectivity index (χ0v) is 22.7. The van der Waals surface area contributed by atoms with Gasteiger partial charge in [0.2, 0.25) is 11.8 Å². The van der Waals surface area contributed by atoms with E-state index in [4.69, 9.17) is 9.47 Å². The molecule has 0 heterocycles. The lowest BCUT2D eigenvalue weighted by Gasteiger charge is -2.20. The second-order valence-corrected chi connectivity index (χ2v) is 9.47. The van der Waals surface area contributed by atoms with E-state index in [0.717, 1.165) is 31.2 Å². The van der Waals surface area contributed by atoms with Crippen LogP contribution < -0.4 is 25.4 Å². The fraction of sp³-hybridized carbons (Fsp3) is 0.483. The molecule has 0 fully saturated rings. The molecule has 2 aromatic carbocycles. The SMILES string of the molecule is CCCCc1ccc(C(=O)N[C@@H](CNC(=O)Cc2ccc(OC)c(OC)c2)C(=O)NCCC(C)C)cc1. The van der Waals surface area contributed by atoms with E-state index in [1.807, 2.05) is 12.1 Å². The Labute approximate surface area is 220 Å². The first-order chi connectivity index (χ1) is 17.8. The standard InChI is InChI=1S/C29H41N3O5/c1-6-7-8-21-9-12-23(13-10-21)28(34)32-24(29(35)30-16-15-20(2)3)19-31-27(33)18-22-11-14-25(36-4)26(17-22)37-5/h9-14,17,20,24H,6-8,15-16,18-19H2,1-5H3,(H,30,35)(H,31,33)(H,32,34)/t24-/m0/s1. The van der Waals surface area contributed by atoms with Crippen molar-refractivity contribution in [3.8, 4) is 11.5 Å². The Kier molecular flexibility index (Phi) is 12.5. The largest absolute Gasteiger partial charge is 0.493 e. The van der Waals surface area contributed by atoms with Gasteiger partial charge in [0.05, 0.1) is 20.6 Å². The molecule has 8 nitrogen and oxygen atoms in total. The number of rotatable bonds is 15. The number of nitrogens with one attached hydrogen (secondary N) is 3. The number of ether oxygens (including phenoxy) is 2. The van der Waals surface area contributed by atoms with Gasteiger partial charge in [-0.25, -0.2) is 0 Å². The van der Waals surface area contributed by atoms with Crippen LogP contribution in [0.4, 0.5) is 0 Å².